The standard InChI is InChI=1S/C13H13F3N4O/c1-7-5-11(20(2)19-7)18-12(21)9-6-8(13(14,15)16)3-4-10(9)17/h3-6H,17H2,1-2H3,(H,18,21). The van der Waals surface area contributed by atoms with Crippen molar-refractivity contribution < 1.29 is 18.0 Å². The first-order valence-corrected chi connectivity index (χ1v) is 5.97. The van der Waals surface area contributed by atoms with Crippen molar-refractivity contribution in [2.75, 3.05) is 11.1 Å². The molecular formula is C13H13F3N4O. The molecule has 21 heavy (non-hydrogen) atoms. The van der Waals surface area contributed by atoms with Crippen molar-refractivity contribution >= 4 is 17.4 Å². The maximum Gasteiger partial charge on any atom is 0.416 e. The van der Waals surface area contributed by atoms with Gasteiger partial charge in [-0.15, -0.1) is 0 Å². The van der Waals surface area contributed by atoms with E-state index >= 15 is 0 Å². The van der Waals surface area contributed by atoms with Gasteiger partial charge in [-0.05, 0) is 25.1 Å². The van der Waals surface area contributed by atoms with Crippen LogP contribution in [0.1, 0.15) is 21.6 Å². The van der Waals surface area contributed by atoms with Gasteiger partial charge in [0.05, 0.1) is 16.8 Å². The summed E-state index contributed by atoms with van der Waals surface area (Å²) in [6.45, 7) is 1.73. The Hall–Kier alpha value is -2.51. The highest BCUT2D eigenvalue weighted by Crippen LogP contribution is 2.31. The third-order valence-corrected chi connectivity index (χ3v) is 2.87. The van der Waals surface area contributed by atoms with E-state index in [9.17, 15) is 18.0 Å². The summed E-state index contributed by atoms with van der Waals surface area (Å²) in [6, 6.07) is 4.22. The molecule has 2 rings (SSSR count). The number of aromatic nitrogens is 2. The first-order chi connectivity index (χ1) is 9.68. The van der Waals surface area contributed by atoms with E-state index in [2.05, 4.69) is 10.4 Å². The Morgan fingerprint density at radius 2 is 2.00 bits per heavy atom. The van der Waals surface area contributed by atoms with E-state index in [1.807, 2.05) is 0 Å². The third-order valence-electron chi connectivity index (χ3n) is 2.87. The fourth-order valence-corrected chi connectivity index (χ4v) is 1.84. The number of carbonyl (C=O) groups excluding carboxylic acids is 1. The normalized spacial score (nSPS) is 11.5. The van der Waals surface area contributed by atoms with Crippen LogP contribution in [0.15, 0.2) is 24.3 Å². The van der Waals surface area contributed by atoms with Gasteiger partial charge in [-0.1, -0.05) is 0 Å². The average molecular weight is 298 g/mol. The first-order valence-electron chi connectivity index (χ1n) is 5.97. The van der Waals surface area contributed by atoms with Gasteiger partial charge in [0, 0.05) is 18.8 Å². The molecular weight excluding hydrogens is 285 g/mol. The van der Waals surface area contributed by atoms with Crippen LogP contribution in [0.25, 0.3) is 0 Å². The molecule has 8 heteroatoms. The molecule has 1 aromatic heterocycles. The van der Waals surface area contributed by atoms with Crippen molar-refractivity contribution in [3.8, 4) is 0 Å². The molecule has 0 bridgehead atoms. The summed E-state index contributed by atoms with van der Waals surface area (Å²) in [5.41, 5.74) is 5.06. The second-order valence-electron chi connectivity index (χ2n) is 4.55. The highest BCUT2D eigenvalue weighted by atomic mass is 19.4. The van der Waals surface area contributed by atoms with Crippen LogP contribution in [0, 0.1) is 6.92 Å². The first kappa shape index (κ1) is 14.9. The predicted octanol–water partition coefficient (Wildman–Crippen LogP) is 2.58. The van der Waals surface area contributed by atoms with Crippen molar-refractivity contribution in [1.82, 2.24) is 9.78 Å². The lowest BCUT2D eigenvalue weighted by molar-refractivity contribution is -0.137. The zero-order chi connectivity index (χ0) is 15.8. The fraction of sp³-hybridized carbons (Fsp3) is 0.231. The maximum atomic E-state index is 12.7. The van der Waals surface area contributed by atoms with Crippen LogP contribution < -0.4 is 11.1 Å². The Kier molecular flexibility index (Phi) is 3.63. The Bertz CT molecular complexity index is 691. The number of carbonyl (C=O) groups is 1. The number of alkyl halides is 3. The number of nitrogens with two attached hydrogens (primary N) is 1. The second-order valence-corrected chi connectivity index (χ2v) is 4.55. The molecule has 2 aromatic rings. The lowest BCUT2D eigenvalue weighted by Crippen LogP contribution is -2.17. The number of aryl methyl sites for hydroxylation is 2. The lowest BCUT2D eigenvalue weighted by atomic mass is 10.1. The van der Waals surface area contributed by atoms with E-state index in [0.29, 0.717) is 11.5 Å². The molecule has 112 valence electrons. The summed E-state index contributed by atoms with van der Waals surface area (Å²) < 4.78 is 39.4. The summed E-state index contributed by atoms with van der Waals surface area (Å²) in [6.07, 6.45) is -4.54. The van der Waals surface area contributed by atoms with Crippen LogP contribution >= 0.6 is 0 Å². The summed E-state index contributed by atoms with van der Waals surface area (Å²) in [4.78, 5) is 12.1. The number of rotatable bonds is 2. The second kappa shape index (κ2) is 5.12. The van der Waals surface area contributed by atoms with E-state index in [-0.39, 0.29) is 11.3 Å². The van der Waals surface area contributed by atoms with Gasteiger partial charge >= 0.3 is 6.18 Å². The molecule has 0 radical (unpaired) electrons. The molecule has 1 aromatic carbocycles. The van der Waals surface area contributed by atoms with Gasteiger partial charge in [-0.2, -0.15) is 18.3 Å². The molecule has 0 atom stereocenters. The van der Waals surface area contributed by atoms with Crippen LogP contribution in [0.4, 0.5) is 24.7 Å². The highest BCUT2D eigenvalue weighted by molar-refractivity contribution is 6.07. The van der Waals surface area contributed by atoms with Gasteiger partial charge in [0.25, 0.3) is 5.91 Å². The summed E-state index contributed by atoms with van der Waals surface area (Å²) in [5.74, 6) is -0.351. The molecule has 0 saturated carbocycles. The van der Waals surface area contributed by atoms with Crippen LogP contribution in [0.5, 0.6) is 0 Å². The van der Waals surface area contributed by atoms with Gasteiger partial charge < -0.3 is 11.1 Å². The molecule has 0 aliphatic carbocycles. The summed E-state index contributed by atoms with van der Waals surface area (Å²) in [5, 5.41) is 6.51. The van der Waals surface area contributed by atoms with Crippen molar-refractivity contribution in [2.24, 2.45) is 7.05 Å². The van der Waals surface area contributed by atoms with Gasteiger partial charge in [-0.25, -0.2) is 0 Å². The SMILES string of the molecule is Cc1cc(NC(=O)c2cc(C(F)(F)F)ccc2N)n(C)n1. The number of hydrogen-bond donors (Lipinski definition) is 2. The van der Waals surface area contributed by atoms with E-state index in [1.54, 1.807) is 20.0 Å². The fourth-order valence-electron chi connectivity index (χ4n) is 1.84. The number of hydrogen-bond acceptors (Lipinski definition) is 3. The Labute approximate surface area is 118 Å². The minimum Gasteiger partial charge on any atom is -0.398 e. The van der Waals surface area contributed by atoms with Crippen LogP contribution in [0.3, 0.4) is 0 Å². The van der Waals surface area contributed by atoms with E-state index < -0.39 is 17.6 Å². The number of halogens is 3. The number of anilines is 2. The number of nitrogen functional groups attached to an aromatic ring is 1. The molecule has 3 N–H and O–H groups in total. The molecule has 0 spiro atoms. The highest BCUT2D eigenvalue weighted by Gasteiger charge is 2.31. The zero-order valence-electron chi connectivity index (χ0n) is 11.3. The van der Waals surface area contributed by atoms with Crippen molar-refractivity contribution in [3.63, 3.8) is 0 Å². The minimum atomic E-state index is -4.54. The lowest BCUT2D eigenvalue weighted by Gasteiger charge is -2.11. The average Bonchev–Trinajstić information content (AvgIpc) is 2.66. The van der Waals surface area contributed by atoms with Crippen molar-refractivity contribution in [3.05, 3.63) is 41.1 Å². The Morgan fingerprint density at radius 1 is 1.33 bits per heavy atom. The molecule has 1 amide bonds. The topological polar surface area (TPSA) is 72.9 Å². The van der Waals surface area contributed by atoms with Gasteiger partial charge in [0.1, 0.15) is 5.82 Å². The number of nitrogens with zero attached hydrogens (tertiary/aromatic N) is 2. The largest absolute Gasteiger partial charge is 0.416 e. The van der Waals surface area contributed by atoms with Gasteiger partial charge in [-0.3, -0.25) is 9.48 Å². The zero-order valence-corrected chi connectivity index (χ0v) is 11.3. The molecule has 0 aliphatic heterocycles. The minimum absolute atomic E-state index is 0.0283. The van der Waals surface area contributed by atoms with Gasteiger partial charge in [0.15, 0.2) is 0 Å². The van der Waals surface area contributed by atoms with Crippen LogP contribution in [0.2, 0.25) is 0 Å². The molecule has 5 nitrogen and oxygen atoms in total. The number of nitrogens with one attached hydrogen (secondary N) is 1. The summed E-state index contributed by atoms with van der Waals surface area (Å²) in [7, 11) is 1.61. The van der Waals surface area contributed by atoms with Gasteiger partial charge in [0.2, 0.25) is 0 Å². The van der Waals surface area contributed by atoms with E-state index in [1.165, 1.54) is 4.68 Å². The van der Waals surface area contributed by atoms with Crippen molar-refractivity contribution in [1.29, 1.82) is 0 Å². The quantitative estimate of drug-likeness (QED) is 0.837. The smallest absolute Gasteiger partial charge is 0.398 e. The molecule has 1 heterocycles. The summed E-state index contributed by atoms with van der Waals surface area (Å²) >= 11 is 0. The molecule has 0 fully saturated rings. The van der Waals surface area contributed by atoms with E-state index in [0.717, 1.165) is 18.2 Å². The monoisotopic (exact) mass is 298 g/mol. The van der Waals surface area contributed by atoms with Crippen LogP contribution in [-0.2, 0) is 13.2 Å². The Balaban J connectivity index is 2.33. The number of benzene rings is 1. The number of amides is 1. The maximum absolute atomic E-state index is 12.7. The molecule has 0 unspecified atom stereocenters. The van der Waals surface area contributed by atoms with E-state index in [4.69, 9.17) is 5.73 Å². The predicted molar refractivity (Wildman–Crippen MR) is 71.8 cm³/mol. The van der Waals surface area contributed by atoms with Crippen molar-refractivity contribution in [2.45, 2.75) is 13.1 Å². The van der Waals surface area contributed by atoms with Crippen LogP contribution in [-0.4, -0.2) is 15.7 Å². The molecule has 0 saturated heterocycles. The Morgan fingerprint density at radius 3 is 2.52 bits per heavy atom. The molecule has 0 aliphatic rings. The third kappa shape index (κ3) is 3.15.